The predicted octanol–water partition coefficient (Wildman–Crippen LogP) is 4.57. The number of ether oxygens (including phenoxy) is 2. The fourth-order valence-electron chi connectivity index (χ4n) is 3.07. The summed E-state index contributed by atoms with van der Waals surface area (Å²) < 4.78 is 16.3. The third kappa shape index (κ3) is 2.29. The maximum atomic E-state index is 12.5. The smallest absolute Gasteiger partial charge is 0.291 e. The molecule has 122 valence electrons. The largest absolute Gasteiger partial charge is 0.454 e. The van der Waals surface area contributed by atoms with Crippen LogP contribution in [0.15, 0.2) is 65.1 Å². The summed E-state index contributed by atoms with van der Waals surface area (Å²) in [6, 6.07) is 18.9. The van der Waals surface area contributed by atoms with E-state index >= 15 is 0 Å². The van der Waals surface area contributed by atoms with Gasteiger partial charge in [0.1, 0.15) is 5.58 Å². The Labute approximate surface area is 142 Å². The van der Waals surface area contributed by atoms with E-state index in [2.05, 4.69) is 5.32 Å². The van der Waals surface area contributed by atoms with Crippen LogP contribution < -0.4 is 14.8 Å². The molecule has 5 heteroatoms. The monoisotopic (exact) mass is 331 g/mol. The van der Waals surface area contributed by atoms with Gasteiger partial charge in [0.15, 0.2) is 17.3 Å². The minimum absolute atomic E-state index is 0.198. The third-order valence-corrected chi connectivity index (χ3v) is 4.28. The molecule has 0 bridgehead atoms. The second-order valence-corrected chi connectivity index (χ2v) is 5.83. The first-order valence-electron chi connectivity index (χ1n) is 7.90. The van der Waals surface area contributed by atoms with Crippen LogP contribution in [0.2, 0.25) is 0 Å². The van der Waals surface area contributed by atoms with Gasteiger partial charge in [-0.25, -0.2) is 0 Å². The molecule has 3 aromatic carbocycles. The van der Waals surface area contributed by atoms with Crippen LogP contribution in [0.5, 0.6) is 11.5 Å². The van der Waals surface area contributed by atoms with E-state index in [0.717, 1.165) is 16.2 Å². The van der Waals surface area contributed by atoms with Crippen molar-refractivity contribution in [2.75, 3.05) is 12.1 Å². The van der Waals surface area contributed by atoms with Crippen molar-refractivity contribution in [2.24, 2.45) is 0 Å². The number of furan rings is 1. The Morgan fingerprint density at radius 1 is 0.880 bits per heavy atom. The summed E-state index contributed by atoms with van der Waals surface area (Å²) in [7, 11) is 0. The molecule has 0 radical (unpaired) electrons. The van der Waals surface area contributed by atoms with E-state index in [0.29, 0.717) is 22.8 Å². The Morgan fingerprint density at radius 3 is 2.72 bits per heavy atom. The minimum atomic E-state index is -0.306. The first kappa shape index (κ1) is 13.9. The van der Waals surface area contributed by atoms with Gasteiger partial charge in [0.05, 0.1) is 0 Å². The van der Waals surface area contributed by atoms with Crippen molar-refractivity contribution in [2.45, 2.75) is 0 Å². The van der Waals surface area contributed by atoms with Crippen LogP contribution in [-0.4, -0.2) is 12.7 Å². The van der Waals surface area contributed by atoms with Crippen LogP contribution in [0.4, 0.5) is 5.69 Å². The van der Waals surface area contributed by atoms with E-state index in [9.17, 15) is 4.79 Å². The molecule has 0 saturated heterocycles. The van der Waals surface area contributed by atoms with Crippen molar-refractivity contribution in [3.05, 3.63) is 66.4 Å². The van der Waals surface area contributed by atoms with Gasteiger partial charge < -0.3 is 19.2 Å². The number of fused-ring (bicyclic) bond motifs is 4. The molecule has 2 heterocycles. The van der Waals surface area contributed by atoms with Crippen molar-refractivity contribution >= 4 is 33.3 Å². The summed E-state index contributed by atoms with van der Waals surface area (Å²) in [5.74, 6) is 1.25. The lowest BCUT2D eigenvalue weighted by atomic mass is 10.1. The first-order valence-corrected chi connectivity index (χ1v) is 7.90. The zero-order valence-electron chi connectivity index (χ0n) is 13.1. The van der Waals surface area contributed by atoms with Crippen LogP contribution in [0.3, 0.4) is 0 Å². The number of carbonyl (C=O) groups excluding carboxylic acids is 1. The molecule has 1 aliphatic heterocycles. The lowest BCUT2D eigenvalue weighted by Crippen LogP contribution is -2.10. The molecule has 1 N–H and O–H groups in total. The molecule has 25 heavy (non-hydrogen) atoms. The van der Waals surface area contributed by atoms with Crippen LogP contribution in [0.1, 0.15) is 10.6 Å². The van der Waals surface area contributed by atoms with Gasteiger partial charge in [-0.1, -0.05) is 30.3 Å². The van der Waals surface area contributed by atoms with E-state index in [4.69, 9.17) is 13.9 Å². The summed E-state index contributed by atoms with van der Waals surface area (Å²) in [5, 5.41) is 5.92. The number of hydrogen-bond donors (Lipinski definition) is 1. The molecule has 1 aliphatic rings. The van der Waals surface area contributed by atoms with Gasteiger partial charge >= 0.3 is 0 Å². The van der Waals surface area contributed by atoms with Gasteiger partial charge in [0, 0.05) is 17.1 Å². The minimum Gasteiger partial charge on any atom is -0.454 e. The topological polar surface area (TPSA) is 60.7 Å². The van der Waals surface area contributed by atoms with Gasteiger partial charge in [-0.15, -0.1) is 0 Å². The summed E-state index contributed by atoms with van der Waals surface area (Å²) >= 11 is 0. The molecule has 5 nitrogen and oxygen atoms in total. The Kier molecular flexibility index (Phi) is 2.94. The molecule has 5 rings (SSSR count). The standard InChI is InChI=1S/C20H13NO4/c22-20(21-13-6-8-17-18(9-13)24-11-23-17)19-10-15-14-4-2-1-3-12(14)5-7-16(15)25-19/h1-10H,11H2,(H,21,22). The van der Waals surface area contributed by atoms with Crippen LogP contribution in [-0.2, 0) is 0 Å². The predicted molar refractivity (Wildman–Crippen MR) is 94.2 cm³/mol. The van der Waals surface area contributed by atoms with Gasteiger partial charge in [-0.3, -0.25) is 4.79 Å². The van der Waals surface area contributed by atoms with E-state index in [1.165, 1.54) is 0 Å². The molecular weight excluding hydrogens is 318 g/mol. The molecule has 0 fully saturated rings. The Morgan fingerprint density at radius 2 is 1.76 bits per heavy atom. The second-order valence-electron chi connectivity index (χ2n) is 5.83. The second kappa shape index (κ2) is 5.27. The van der Waals surface area contributed by atoms with Crippen molar-refractivity contribution in [3.63, 3.8) is 0 Å². The molecular formula is C20H13NO4. The quantitative estimate of drug-likeness (QED) is 0.584. The summed E-state index contributed by atoms with van der Waals surface area (Å²) in [4.78, 5) is 12.5. The normalized spacial score (nSPS) is 12.6. The number of anilines is 1. The zero-order valence-corrected chi connectivity index (χ0v) is 13.1. The van der Waals surface area contributed by atoms with E-state index in [1.807, 2.05) is 36.4 Å². The van der Waals surface area contributed by atoms with Gasteiger partial charge in [-0.2, -0.15) is 0 Å². The van der Waals surface area contributed by atoms with E-state index < -0.39 is 0 Å². The fraction of sp³-hybridized carbons (Fsp3) is 0.0500. The highest BCUT2D eigenvalue weighted by molar-refractivity contribution is 6.10. The van der Waals surface area contributed by atoms with Gasteiger partial charge in [0.25, 0.3) is 5.91 Å². The summed E-state index contributed by atoms with van der Waals surface area (Å²) in [5.41, 5.74) is 1.31. The zero-order chi connectivity index (χ0) is 16.8. The Balaban J connectivity index is 1.50. The number of hydrogen-bond acceptors (Lipinski definition) is 4. The van der Waals surface area contributed by atoms with Crippen LogP contribution >= 0.6 is 0 Å². The first-order chi connectivity index (χ1) is 12.3. The molecule has 1 aromatic heterocycles. The molecule has 0 saturated carbocycles. The SMILES string of the molecule is O=C(Nc1ccc2c(c1)OCO2)c1cc2c(ccc3ccccc32)o1. The summed E-state index contributed by atoms with van der Waals surface area (Å²) in [6.45, 7) is 0.198. The molecule has 4 aromatic rings. The molecule has 0 spiro atoms. The van der Waals surface area contributed by atoms with Crippen molar-refractivity contribution < 1.29 is 18.7 Å². The summed E-state index contributed by atoms with van der Waals surface area (Å²) in [6.07, 6.45) is 0. The van der Waals surface area contributed by atoms with Crippen molar-refractivity contribution in [1.82, 2.24) is 0 Å². The van der Waals surface area contributed by atoms with Gasteiger partial charge in [-0.05, 0) is 35.0 Å². The fourth-order valence-corrected chi connectivity index (χ4v) is 3.07. The average molecular weight is 331 g/mol. The maximum absolute atomic E-state index is 12.5. The van der Waals surface area contributed by atoms with E-state index in [-0.39, 0.29) is 18.5 Å². The average Bonchev–Trinajstić information content (AvgIpc) is 3.28. The van der Waals surface area contributed by atoms with Crippen molar-refractivity contribution in [1.29, 1.82) is 0 Å². The highest BCUT2D eigenvalue weighted by Gasteiger charge is 2.17. The van der Waals surface area contributed by atoms with Gasteiger partial charge in [0.2, 0.25) is 6.79 Å². The van der Waals surface area contributed by atoms with Crippen LogP contribution in [0.25, 0.3) is 21.7 Å². The third-order valence-electron chi connectivity index (χ3n) is 4.28. The molecule has 1 amide bonds. The number of rotatable bonds is 2. The maximum Gasteiger partial charge on any atom is 0.291 e. The lowest BCUT2D eigenvalue weighted by Gasteiger charge is -2.04. The Hall–Kier alpha value is -3.47. The number of nitrogens with one attached hydrogen (secondary N) is 1. The number of benzene rings is 3. The highest BCUT2D eigenvalue weighted by atomic mass is 16.7. The molecule has 0 aliphatic carbocycles. The lowest BCUT2D eigenvalue weighted by molar-refractivity contribution is 0.0998. The molecule has 0 unspecified atom stereocenters. The number of carbonyl (C=O) groups is 1. The highest BCUT2D eigenvalue weighted by Crippen LogP contribution is 2.34. The molecule has 0 atom stereocenters. The van der Waals surface area contributed by atoms with Crippen LogP contribution in [0, 0.1) is 0 Å². The Bertz CT molecular complexity index is 1130. The van der Waals surface area contributed by atoms with Crippen molar-refractivity contribution in [3.8, 4) is 11.5 Å². The van der Waals surface area contributed by atoms with E-state index in [1.54, 1.807) is 24.3 Å². The number of amides is 1.